The van der Waals surface area contributed by atoms with Gasteiger partial charge in [-0.25, -0.2) is 10.0 Å². The third-order valence-corrected chi connectivity index (χ3v) is 2.07. The van der Waals surface area contributed by atoms with Crippen LogP contribution in [0.4, 0.5) is 0 Å². The van der Waals surface area contributed by atoms with E-state index in [4.69, 9.17) is 0 Å². The fraction of sp³-hybridized carbons (Fsp3) is 0.636. The van der Waals surface area contributed by atoms with Crippen LogP contribution in [0.1, 0.15) is 34.6 Å². The number of aliphatic imine (C=N–C) groups is 1. The summed E-state index contributed by atoms with van der Waals surface area (Å²) in [6, 6.07) is 0.303. The van der Waals surface area contributed by atoms with E-state index in [1.807, 2.05) is 5.01 Å². The Morgan fingerprint density at radius 3 is 2.36 bits per heavy atom. The van der Waals surface area contributed by atoms with Crippen LogP contribution in [-0.2, 0) is 0 Å². The second kappa shape index (κ2) is 3.56. The highest BCUT2D eigenvalue weighted by molar-refractivity contribution is 6.33. The molecule has 0 bridgehead atoms. The lowest BCUT2D eigenvalue weighted by molar-refractivity contribution is 0.291. The van der Waals surface area contributed by atoms with Gasteiger partial charge < -0.3 is 0 Å². The first kappa shape index (κ1) is 11.0. The van der Waals surface area contributed by atoms with E-state index in [9.17, 15) is 0 Å². The van der Waals surface area contributed by atoms with Gasteiger partial charge in [0.1, 0.15) is 5.82 Å². The zero-order chi connectivity index (χ0) is 10.9. The summed E-state index contributed by atoms with van der Waals surface area (Å²) in [5.41, 5.74) is 1.04. The molecule has 0 saturated heterocycles. The Balaban J connectivity index is 2.97. The molecule has 14 heavy (non-hydrogen) atoms. The zero-order valence-electron chi connectivity index (χ0n) is 9.70. The normalized spacial score (nSPS) is 17.7. The first-order valence-corrected chi connectivity index (χ1v) is 4.93. The molecule has 0 aromatic carbocycles. The number of rotatable bonds is 1. The van der Waals surface area contributed by atoms with E-state index < -0.39 is 0 Å². The largest absolute Gasteiger partial charge is 0.246 e. The predicted octanol–water partition coefficient (Wildman–Crippen LogP) is 2.65. The summed E-state index contributed by atoms with van der Waals surface area (Å²) in [5, 5.41) is 6.40. The third-order valence-electron chi connectivity index (χ3n) is 2.07. The minimum absolute atomic E-state index is 0.0390. The average Bonchev–Trinajstić information content (AvgIpc) is 2.02. The molecule has 1 heterocycles. The molecule has 0 spiro atoms. The summed E-state index contributed by atoms with van der Waals surface area (Å²) >= 11 is 0. The van der Waals surface area contributed by atoms with E-state index in [1.54, 1.807) is 6.21 Å². The molecule has 0 aliphatic carbocycles. The fourth-order valence-electron chi connectivity index (χ4n) is 1.15. The fourth-order valence-corrected chi connectivity index (χ4v) is 1.15. The van der Waals surface area contributed by atoms with Crippen molar-refractivity contribution in [3.05, 3.63) is 12.4 Å². The molecule has 0 aromatic rings. The number of hydrazone groups is 1. The Hall–Kier alpha value is -1.12. The molecule has 1 aliphatic heterocycles. The van der Waals surface area contributed by atoms with Gasteiger partial charge in [-0.15, -0.1) is 0 Å². The number of hydrogen-bond acceptors (Lipinski definition) is 3. The average molecular weight is 193 g/mol. The highest BCUT2D eigenvalue weighted by Crippen LogP contribution is 2.21. The molecule has 0 N–H and O–H groups in total. The van der Waals surface area contributed by atoms with Crippen molar-refractivity contribution in [1.29, 1.82) is 0 Å². The smallest absolute Gasteiger partial charge is 0.141 e. The molecule has 0 saturated carbocycles. The Morgan fingerprint density at radius 1 is 1.36 bits per heavy atom. The predicted molar refractivity (Wildman–Crippen MR) is 61.5 cm³/mol. The topological polar surface area (TPSA) is 28.0 Å². The highest BCUT2D eigenvalue weighted by atomic mass is 15.5. The maximum atomic E-state index is 4.53. The zero-order valence-corrected chi connectivity index (χ0v) is 9.70. The van der Waals surface area contributed by atoms with Gasteiger partial charge in [0.2, 0.25) is 0 Å². The van der Waals surface area contributed by atoms with Crippen LogP contribution >= 0.6 is 0 Å². The van der Waals surface area contributed by atoms with Gasteiger partial charge in [0.05, 0.1) is 11.9 Å². The van der Waals surface area contributed by atoms with Crippen molar-refractivity contribution in [2.75, 3.05) is 0 Å². The molecule has 0 atom stereocenters. The van der Waals surface area contributed by atoms with Crippen LogP contribution in [0.25, 0.3) is 0 Å². The monoisotopic (exact) mass is 193 g/mol. The molecule has 1 aliphatic rings. The molecule has 0 unspecified atom stereocenters. The second-order valence-corrected chi connectivity index (χ2v) is 4.85. The van der Waals surface area contributed by atoms with Crippen molar-refractivity contribution in [2.45, 2.75) is 40.7 Å². The van der Waals surface area contributed by atoms with Crippen LogP contribution in [0, 0.1) is 5.41 Å². The standard InChI is InChI=1S/C11H19N3/c1-8(2)14-9(3)12-7-10(13-14)11(4,5)6/h7-8H,3H2,1-2,4-6H3. The van der Waals surface area contributed by atoms with Gasteiger partial charge in [0, 0.05) is 11.5 Å². The molecular formula is C11H19N3. The molecular weight excluding hydrogens is 174 g/mol. The van der Waals surface area contributed by atoms with Crippen LogP contribution in [0.2, 0.25) is 0 Å². The summed E-state index contributed by atoms with van der Waals surface area (Å²) in [4.78, 5) is 4.26. The Bertz CT molecular complexity index is 292. The first-order valence-electron chi connectivity index (χ1n) is 4.93. The second-order valence-electron chi connectivity index (χ2n) is 4.85. The van der Waals surface area contributed by atoms with Crippen LogP contribution in [0.15, 0.2) is 22.5 Å². The van der Waals surface area contributed by atoms with Crippen LogP contribution in [0.5, 0.6) is 0 Å². The minimum Gasteiger partial charge on any atom is -0.246 e. The van der Waals surface area contributed by atoms with Gasteiger partial charge >= 0.3 is 0 Å². The maximum Gasteiger partial charge on any atom is 0.141 e. The molecule has 1 rings (SSSR count). The summed E-state index contributed by atoms with van der Waals surface area (Å²) < 4.78 is 0. The van der Waals surface area contributed by atoms with Crippen molar-refractivity contribution in [1.82, 2.24) is 5.01 Å². The lowest BCUT2D eigenvalue weighted by Gasteiger charge is -2.30. The maximum absolute atomic E-state index is 4.53. The highest BCUT2D eigenvalue weighted by Gasteiger charge is 2.23. The minimum atomic E-state index is 0.0390. The van der Waals surface area contributed by atoms with E-state index in [1.165, 1.54) is 0 Å². The van der Waals surface area contributed by atoms with Gasteiger partial charge in [-0.05, 0) is 13.8 Å². The molecule has 0 amide bonds. The van der Waals surface area contributed by atoms with E-state index in [0.29, 0.717) is 11.9 Å². The van der Waals surface area contributed by atoms with Crippen molar-refractivity contribution >= 4 is 11.9 Å². The summed E-state index contributed by atoms with van der Waals surface area (Å²) in [7, 11) is 0. The van der Waals surface area contributed by atoms with E-state index >= 15 is 0 Å². The van der Waals surface area contributed by atoms with Gasteiger partial charge in [0.15, 0.2) is 0 Å². The Labute approximate surface area is 86.2 Å². The summed E-state index contributed by atoms with van der Waals surface area (Å²) in [5.74, 6) is 0.716. The first-order chi connectivity index (χ1) is 6.32. The Morgan fingerprint density at radius 2 is 1.93 bits per heavy atom. The summed E-state index contributed by atoms with van der Waals surface area (Å²) in [6.45, 7) is 14.4. The number of nitrogens with zero attached hydrogens (tertiary/aromatic N) is 3. The van der Waals surface area contributed by atoms with E-state index in [2.05, 4.69) is 51.3 Å². The quantitative estimate of drug-likeness (QED) is 0.629. The van der Waals surface area contributed by atoms with Crippen molar-refractivity contribution in [3.8, 4) is 0 Å². The molecule has 3 nitrogen and oxygen atoms in total. The van der Waals surface area contributed by atoms with Crippen molar-refractivity contribution in [2.24, 2.45) is 15.5 Å². The van der Waals surface area contributed by atoms with Crippen molar-refractivity contribution in [3.63, 3.8) is 0 Å². The molecule has 78 valence electrons. The molecule has 3 heteroatoms. The van der Waals surface area contributed by atoms with E-state index in [0.717, 1.165) is 5.71 Å². The van der Waals surface area contributed by atoms with Gasteiger partial charge in [0.25, 0.3) is 0 Å². The van der Waals surface area contributed by atoms with Gasteiger partial charge in [-0.3, -0.25) is 0 Å². The lowest BCUT2D eigenvalue weighted by atomic mass is 9.90. The third kappa shape index (κ3) is 2.22. The van der Waals surface area contributed by atoms with Crippen LogP contribution < -0.4 is 0 Å². The molecule has 0 aromatic heterocycles. The van der Waals surface area contributed by atoms with E-state index in [-0.39, 0.29) is 5.41 Å². The SMILES string of the molecule is C=C1N=CC(C(C)(C)C)=NN1C(C)C. The van der Waals surface area contributed by atoms with Crippen molar-refractivity contribution < 1.29 is 0 Å². The molecule has 0 radical (unpaired) electrons. The van der Waals surface area contributed by atoms with Gasteiger partial charge in [-0.2, -0.15) is 5.10 Å². The Kier molecular flexibility index (Phi) is 2.79. The molecule has 0 fully saturated rings. The van der Waals surface area contributed by atoms with Crippen LogP contribution in [-0.4, -0.2) is 23.0 Å². The van der Waals surface area contributed by atoms with Gasteiger partial charge in [-0.1, -0.05) is 27.4 Å². The lowest BCUT2D eigenvalue weighted by Crippen LogP contribution is -2.33. The summed E-state index contributed by atoms with van der Waals surface area (Å²) in [6.07, 6.45) is 1.81. The number of hydrogen-bond donors (Lipinski definition) is 0. The van der Waals surface area contributed by atoms with Crippen LogP contribution in [0.3, 0.4) is 0 Å².